The number of hydrogen-bond donors (Lipinski definition) is 2. The lowest BCUT2D eigenvalue weighted by atomic mass is 10.1. The van der Waals surface area contributed by atoms with E-state index in [9.17, 15) is 13.2 Å². The van der Waals surface area contributed by atoms with Gasteiger partial charge in [-0.2, -0.15) is 4.72 Å². The van der Waals surface area contributed by atoms with Crippen LogP contribution in [-0.4, -0.2) is 40.7 Å². The molecular weight excluding hydrogens is 384 g/mol. The summed E-state index contributed by atoms with van der Waals surface area (Å²) in [7, 11) is -2.35. The van der Waals surface area contributed by atoms with Gasteiger partial charge in [0.2, 0.25) is 15.9 Å². The van der Waals surface area contributed by atoms with Crippen LogP contribution in [0.3, 0.4) is 0 Å². The summed E-state index contributed by atoms with van der Waals surface area (Å²) in [5.41, 5.74) is 0. The summed E-state index contributed by atoms with van der Waals surface area (Å²) < 4.78 is 43.9. The third kappa shape index (κ3) is 5.34. The summed E-state index contributed by atoms with van der Waals surface area (Å²) in [6.45, 7) is 1.12. The predicted octanol–water partition coefficient (Wildman–Crippen LogP) is 1.99. The van der Waals surface area contributed by atoms with Gasteiger partial charge in [0.25, 0.3) is 0 Å². The lowest BCUT2D eigenvalue weighted by Gasteiger charge is -2.18. The Morgan fingerprint density at radius 1 is 1.29 bits per heavy atom. The highest BCUT2D eigenvalue weighted by atomic mass is 32.2. The van der Waals surface area contributed by atoms with E-state index in [2.05, 4.69) is 10.0 Å². The molecule has 9 heteroatoms. The Bertz CT molecular complexity index is 858. The van der Waals surface area contributed by atoms with Gasteiger partial charge < -0.3 is 19.2 Å². The number of methoxy groups -OCH3 is 1. The van der Waals surface area contributed by atoms with E-state index >= 15 is 0 Å². The molecule has 1 saturated heterocycles. The molecule has 2 heterocycles. The summed E-state index contributed by atoms with van der Waals surface area (Å²) in [4.78, 5) is 12.4. The minimum atomic E-state index is -3.86. The monoisotopic (exact) mass is 408 g/mol. The van der Waals surface area contributed by atoms with E-state index in [1.165, 1.54) is 25.5 Å². The lowest BCUT2D eigenvalue weighted by molar-refractivity contribution is -0.122. The molecule has 1 aromatic heterocycles. The van der Waals surface area contributed by atoms with Crippen LogP contribution >= 0.6 is 0 Å². The van der Waals surface area contributed by atoms with Crippen molar-refractivity contribution in [1.29, 1.82) is 0 Å². The van der Waals surface area contributed by atoms with Crippen LogP contribution in [0.1, 0.15) is 31.1 Å². The van der Waals surface area contributed by atoms with Crippen LogP contribution in [0.25, 0.3) is 0 Å². The van der Waals surface area contributed by atoms with Gasteiger partial charge in [0.1, 0.15) is 11.5 Å². The van der Waals surface area contributed by atoms with Crippen molar-refractivity contribution >= 4 is 15.9 Å². The molecule has 1 amide bonds. The van der Waals surface area contributed by atoms with Gasteiger partial charge in [0.05, 0.1) is 36.8 Å². The Hall–Kier alpha value is -2.36. The van der Waals surface area contributed by atoms with Crippen LogP contribution in [0.2, 0.25) is 0 Å². The van der Waals surface area contributed by atoms with Crippen molar-refractivity contribution in [3.8, 4) is 5.75 Å². The number of carbonyl (C=O) groups is 1. The second-order valence-corrected chi connectivity index (χ2v) is 8.22. The first kappa shape index (κ1) is 20.4. The zero-order valence-corrected chi connectivity index (χ0v) is 16.4. The van der Waals surface area contributed by atoms with E-state index in [1.807, 2.05) is 0 Å². The molecule has 2 aromatic rings. The van der Waals surface area contributed by atoms with Crippen LogP contribution in [0, 0.1) is 0 Å². The van der Waals surface area contributed by atoms with Gasteiger partial charge in [0, 0.05) is 13.2 Å². The van der Waals surface area contributed by atoms with Gasteiger partial charge in [-0.3, -0.25) is 4.79 Å². The summed E-state index contributed by atoms with van der Waals surface area (Å²) in [6, 6.07) is 8.46. The molecule has 0 aliphatic carbocycles. The normalized spacial score (nSPS) is 18.0. The Morgan fingerprint density at radius 3 is 2.68 bits per heavy atom. The number of amides is 1. The number of rotatable bonds is 9. The van der Waals surface area contributed by atoms with E-state index in [0.29, 0.717) is 24.7 Å². The minimum absolute atomic E-state index is 0.0157. The smallest absolute Gasteiger partial charge is 0.241 e. The Labute approximate surface area is 164 Å². The molecule has 2 atom stereocenters. The predicted molar refractivity (Wildman–Crippen MR) is 101 cm³/mol. The van der Waals surface area contributed by atoms with Crippen LogP contribution in [0.4, 0.5) is 0 Å². The first-order chi connectivity index (χ1) is 13.5. The Balaban J connectivity index is 1.68. The lowest BCUT2D eigenvalue weighted by Crippen LogP contribution is -2.36. The molecule has 3 rings (SSSR count). The molecule has 152 valence electrons. The molecule has 0 spiro atoms. The van der Waals surface area contributed by atoms with Gasteiger partial charge in [-0.15, -0.1) is 0 Å². The maximum Gasteiger partial charge on any atom is 0.241 e. The molecule has 28 heavy (non-hydrogen) atoms. The maximum absolute atomic E-state index is 12.7. The topological polar surface area (TPSA) is 107 Å². The zero-order valence-electron chi connectivity index (χ0n) is 15.6. The van der Waals surface area contributed by atoms with Crippen molar-refractivity contribution in [1.82, 2.24) is 10.0 Å². The number of nitrogens with one attached hydrogen (secondary N) is 2. The average molecular weight is 408 g/mol. The SMILES string of the molecule is COc1ccc(S(=O)(=O)N[C@@H](CC(=O)NC[C@H]2CCCO2)c2ccco2)cc1. The van der Waals surface area contributed by atoms with E-state index in [4.69, 9.17) is 13.9 Å². The van der Waals surface area contributed by atoms with Crippen molar-refractivity contribution < 1.29 is 27.1 Å². The van der Waals surface area contributed by atoms with Crippen LogP contribution in [0.5, 0.6) is 5.75 Å². The summed E-state index contributed by atoms with van der Waals surface area (Å²) >= 11 is 0. The highest BCUT2D eigenvalue weighted by molar-refractivity contribution is 7.89. The van der Waals surface area contributed by atoms with Gasteiger partial charge in [-0.25, -0.2) is 8.42 Å². The third-order valence-corrected chi connectivity index (χ3v) is 5.98. The van der Waals surface area contributed by atoms with Crippen LogP contribution in [-0.2, 0) is 19.6 Å². The molecule has 1 aromatic carbocycles. The van der Waals surface area contributed by atoms with Gasteiger partial charge in [-0.1, -0.05) is 0 Å². The molecule has 1 aliphatic heterocycles. The zero-order chi connectivity index (χ0) is 20.0. The Morgan fingerprint density at radius 2 is 2.07 bits per heavy atom. The van der Waals surface area contributed by atoms with Gasteiger partial charge >= 0.3 is 0 Å². The first-order valence-electron chi connectivity index (χ1n) is 9.06. The van der Waals surface area contributed by atoms with E-state index in [-0.39, 0.29) is 23.3 Å². The molecule has 8 nitrogen and oxygen atoms in total. The summed E-state index contributed by atoms with van der Waals surface area (Å²) in [5, 5.41) is 2.80. The third-order valence-electron chi connectivity index (χ3n) is 4.49. The highest BCUT2D eigenvalue weighted by Crippen LogP contribution is 2.22. The number of carbonyl (C=O) groups excluding carboxylic acids is 1. The number of hydrogen-bond acceptors (Lipinski definition) is 6. The Kier molecular flexibility index (Phi) is 6.71. The second-order valence-electron chi connectivity index (χ2n) is 6.51. The van der Waals surface area contributed by atoms with Crippen LogP contribution < -0.4 is 14.8 Å². The van der Waals surface area contributed by atoms with Crippen molar-refractivity contribution in [3.05, 3.63) is 48.4 Å². The van der Waals surface area contributed by atoms with Crippen molar-refractivity contribution in [2.24, 2.45) is 0 Å². The molecule has 1 fully saturated rings. The van der Waals surface area contributed by atoms with E-state index in [0.717, 1.165) is 12.8 Å². The molecule has 0 bridgehead atoms. The summed E-state index contributed by atoms with van der Waals surface area (Å²) in [6.07, 6.45) is 3.26. The number of furan rings is 1. The molecule has 2 N–H and O–H groups in total. The largest absolute Gasteiger partial charge is 0.497 e. The fourth-order valence-corrected chi connectivity index (χ4v) is 4.20. The van der Waals surface area contributed by atoms with Gasteiger partial charge in [-0.05, 0) is 49.2 Å². The molecule has 0 unspecified atom stereocenters. The number of benzene rings is 1. The average Bonchev–Trinajstić information content (AvgIpc) is 3.39. The van der Waals surface area contributed by atoms with Crippen molar-refractivity contribution in [2.45, 2.75) is 36.3 Å². The minimum Gasteiger partial charge on any atom is -0.497 e. The molecule has 0 saturated carbocycles. The van der Waals surface area contributed by atoms with Crippen molar-refractivity contribution in [3.63, 3.8) is 0 Å². The number of ether oxygens (including phenoxy) is 2. The van der Waals surface area contributed by atoms with Crippen LogP contribution in [0.15, 0.2) is 52.0 Å². The van der Waals surface area contributed by atoms with Gasteiger partial charge in [0.15, 0.2) is 0 Å². The standard InChI is InChI=1S/C19H24N2O6S/c1-25-14-6-8-16(9-7-14)28(23,24)21-17(18-5-3-11-27-18)12-19(22)20-13-15-4-2-10-26-15/h3,5-9,11,15,17,21H,2,4,10,12-13H2,1H3,(H,20,22)/t15-,17+/m1/s1. The van der Waals surface area contributed by atoms with E-state index < -0.39 is 16.1 Å². The quantitative estimate of drug-likeness (QED) is 0.657. The number of sulfonamides is 1. The highest BCUT2D eigenvalue weighted by Gasteiger charge is 2.26. The van der Waals surface area contributed by atoms with E-state index in [1.54, 1.807) is 24.3 Å². The fourth-order valence-electron chi connectivity index (χ4n) is 2.99. The molecule has 1 aliphatic rings. The summed E-state index contributed by atoms with van der Waals surface area (Å²) in [5.74, 6) is 0.633. The maximum atomic E-state index is 12.7. The second kappa shape index (κ2) is 9.22. The fraction of sp³-hybridized carbons (Fsp3) is 0.421. The van der Waals surface area contributed by atoms with Crippen molar-refractivity contribution in [2.75, 3.05) is 20.3 Å². The molecular formula is C19H24N2O6S. The molecule has 0 radical (unpaired) electrons. The first-order valence-corrected chi connectivity index (χ1v) is 10.5.